The van der Waals surface area contributed by atoms with Crippen molar-refractivity contribution in [3.63, 3.8) is 0 Å². The molecule has 0 saturated heterocycles. The maximum Gasteiger partial charge on any atom is 0.0247 e. The van der Waals surface area contributed by atoms with Crippen molar-refractivity contribution in [2.45, 2.75) is 25.0 Å². The molecule has 2 nitrogen and oxygen atoms in total. The average molecular weight is 147 g/mol. The summed E-state index contributed by atoms with van der Waals surface area (Å²) in [6.45, 7) is 5.31. The van der Waals surface area contributed by atoms with Crippen LogP contribution in [0.3, 0.4) is 0 Å². The number of allylic oxidation sites excluding steroid dienone is 1. The van der Waals surface area contributed by atoms with Gasteiger partial charge in [-0.2, -0.15) is 0 Å². The molecule has 0 aliphatic rings. The average Bonchev–Trinajstić information content (AvgIpc) is 1.82. The quantitative estimate of drug-likeness (QED) is 0.443. The molecule has 0 bridgehead atoms. The molecule has 0 aromatic rings. The zero-order valence-electron chi connectivity index (χ0n) is 5.50. The normalized spacial score (nSPS) is 16.7. The molecule has 2 atom stereocenters. The molecule has 3 heteroatoms. The molecule has 0 heterocycles. The minimum absolute atomic E-state index is 0.234. The van der Waals surface area contributed by atoms with E-state index in [1.54, 1.807) is 6.08 Å². The van der Waals surface area contributed by atoms with Crippen molar-refractivity contribution in [3.05, 3.63) is 12.7 Å². The predicted octanol–water partition coefficient (Wildman–Crippen LogP) is 1.22. The van der Waals surface area contributed by atoms with Crippen LogP contribution in [0.1, 0.15) is 19.8 Å². The molecular formula is C6H11O2S-. The number of rotatable bonds is 4. The largest absolute Gasteiger partial charge is 0.772 e. The van der Waals surface area contributed by atoms with E-state index in [2.05, 4.69) is 6.58 Å². The summed E-state index contributed by atoms with van der Waals surface area (Å²) in [6.07, 6.45) is 2.86. The minimum Gasteiger partial charge on any atom is -0.772 e. The Labute approximate surface area is 58.3 Å². The van der Waals surface area contributed by atoms with Crippen LogP contribution < -0.4 is 0 Å². The van der Waals surface area contributed by atoms with E-state index >= 15 is 0 Å². The van der Waals surface area contributed by atoms with Gasteiger partial charge in [0, 0.05) is 5.25 Å². The fraction of sp³-hybridized carbons (Fsp3) is 0.667. The second kappa shape index (κ2) is 4.70. The molecule has 0 saturated carbocycles. The first-order chi connectivity index (χ1) is 4.22. The third-order valence-corrected chi connectivity index (χ3v) is 2.23. The summed E-state index contributed by atoms with van der Waals surface area (Å²) < 4.78 is 20.5. The second-order valence-corrected chi connectivity index (χ2v) is 3.00. The van der Waals surface area contributed by atoms with Crippen LogP contribution in [0.15, 0.2) is 12.7 Å². The van der Waals surface area contributed by atoms with Gasteiger partial charge in [0.1, 0.15) is 0 Å². The van der Waals surface area contributed by atoms with E-state index in [1.807, 2.05) is 6.92 Å². The zero-order chi connectivity index (χ0) is 7.28. The molecule has 0 aliphatic carbocycles. The van der Waals surface area contributed by atoms with E-state index < -0.39 is 11.1 Å². The van der Waals surface area contributed by atoms with E-state index in [9.17, 15) is 8.76 Å². The van der Waals surface area contributed by atoms with Crippen LogP contribution in [-0.4, -0.2) is 14.0 Å². The molecule has 9 heavy (non-hydrogen) atoms. The van der Waals surface area contributed by atoms with Crippen LogP contribution in [0, 0.1) is 0 Å². The summed E-state index contributed by atoms with van der Waals surface area (Å²) in [5, 5.41) is -0.234. The fourth-order valence-corrected chi connectivity index (χ4v) is 1.13. The summed E-state index contributed by atoms with van der Waals surface area (Å²) in [4.78, 5) is 0. The molecule has 0 aromatic heterocycles. The Bertz CT molecular complexity index is 112. The van der Waals surface area contributed by atoms with Gasteiger partial charge in [0.2, 0.25) is 0 Å². The van der Waals surface area contributed by atoms with Crippen molar-refractivity contribution in [1.82, 2.24) is 0 Å². The van der Waals surface area contributed by atoms with Crippen molar-refractivity contribution in [2.75, 3.05) is 0 Å². The predicted molar refractivity (Wildman–Crippen MR) is 37.8 cm³/mol. The van der Waals surface area contributed by atoms with Crippen molar-refractivity contribution in [2.24, 2.45) is 0 Å². The molecule has 0 aliphatic heterocycles. The standard InChI is InChI=1S/C6H12O2S/c1-3-5-6(4-2)9(7)8/h3,6H,1,4-5H2,2H3,(H,7,8)/p-1. The van der Waals surface area contributed by atoms with Crippen LogP contribution in [0.25, 0.3) is 0 Å². The van der Waals surface area contributed by atoms with Crippen LogP contribution in [0.4, 0.5) is 0 Å². The third-order valence-electron chi connectivity index (χ3n) is 1.16. The highest BCUT2D eigenvalue weighted by Crippen LogP contribution is 2.04. The van der Waals surface area contributed by atoms with Crippen LogP contribution in [0.2, 0.25) is 0 Å². The topological polar surface area (TPSA) is 40.1 Å². The molecule has 0 fully saturated rings. The summed E-state index contributed by atoms with van der Waals surface area (Å²) >= 11 is -1.92. The van der Waals surface area contributed by atoms with E-state index in [-0.39, 0.29) is 5.25 Å². The molecule has 0 N–H and O–H groups in total. The van der Waals surface area contributed by atoms with Gasteiger partial charge in [0.25, 0.3) is 0 Å². The van der Waals surface area contributed by atoms with Crippen molar-refractivity contribution in [3.8, 4) is 0 Å². The van der Waals surface area contributed by atoms with Gasteiger partial charge in [0.05, 0.1) is 0 Å². The Hall–Kier alpha value is -0.150. The maximum absolute atomic E-state index is 10.3. The van der Waals surface area contributed by atoms with Crippen LogP contribution in [0.5, 0.6) is 0 Å². The van der Waals surface area contributed by atoms with Gasteiger partial charge in [-0.15, -0.1) is 6.58 Å². The summed E-state index contributed by atoms with van der Waals surface area (Å²) in [5.41, 5.74) is 0. The van der Waals surface area contributed by atoms with Gasteiger partial charge in [-0.05, 0) is 12.8 Å². The summed E-state index contributed by atoms with van der Waals surface area (Å²) in [7, 11) is 0. The Morgan fingerprint density at radius 1 is 1.89 bits per heavy atom. The lowest BCUT2D eigenvalue weighted by atomic mass is 10.2. The first-order valence-electron chi connectivity index (χ1n) is 2.91. The monoisotopic (exact) mass is 147 g/mol. The lowest BCUT2D eigenvalue weighted by Crippen LogP contribution is -2.11. The summed E-state index contributed by atoms with van der Waals surface area (Å²) in [6, 6.07) is 0. The maximum atomic E-state index is 10.3. The fourth-order valence-electron chi connectivity index (χ4n) is 0.567. The molecule has 2 unspecified atom stereocenters. The Balaban J connectivity index is 3.67. The molecule has 0 radical (unpaired) electrons. The lowest BCUT2D eigenvalue weighted by Gasteiger charge is -2.14. The van der Waals surface area contributed by atoms with Crippen molar-refractivity contribution >= 4 is 11.1 Å². The highest BCUT2D eigenvalue weighted by atomic mass is 32.2. The first-order valence-corrected chi connectivity index (χ1v) is 4.05. The van der Waals surface area contributed by atoms with Crippen LogP contribution >= 0.6 is 0 Å². The minimum atomic E-state index is -1.92. The highest BCUT2D eigenvalue weighted by Gasteiger charge is 2.01. The third kappa shape index (κ3) is 3.43. The van der Waals surface area contributed by atoms with E-state index in [1.165, 1.54) is 0 Å². The van der Waals surface area contributed by atoms with Gasteiger partial charge in [-0.25, -0.2) is 0 Å². The Morgan fingerprint density at radius 3 is 2.56 bits per heavy atom. The Morgan fingerprint density at radius 2 is 2.44 bits per heavy atom. The molecule has 0 spiro atoms. The van der Waals surface area contributed by atoms with Crippen molar-refractivity contribution < 1.29 is 8.76 Å². The molecule has 0 amide bonds. The smallest absolute Gasteiger partial charge is 0.0247 e. The molecular weight excluding hydrogens is 136 g/mol. The second-order valence-electron chi connectivity index (χ2n) is 1.82. The van der Waals surface area contributed by atoms with Gasteiger partial charge < -0.3 is 4.55 Å². The first kappa shape index (κ1) is 8.85. The lowest BCUT2D eigenvalue weighted by molar-refractivity contribution is 0.518. The van der Waals surface area contributed by atoms with Gasteiger partial charge in [-0.1, -0.05) is 24.1 Å². The van der Waals surface area contributed by atoms with E-state index in [4.69, 9.17) is 0 Å². The highest BCUT2D eigenvalue weighted by molar-refractivity contribution is 7.79. The molecule has 54 valence electrons. The number of hydrogen-bond acceptors (Lipinski definition) is 2. The van der Waals surface area contributed by atoms with Gasteiger partial charge in [-0.3, -0.25) is 4.21 Å². The van der Waals surface area contributed by atoms with Crippen molar-refractivity contribution in [1.29, 1.82) is 0 Å². The van der Waals surface area contributed by atoms with E-state index in [0.717, 1.165) is 0 Å². The van der Waals surface area contributed by atoms with Gasteiger partial charge >= 0.3 is 0 Å². The van der Waals surface area contributed by atoms with Crippen LogP contribution in [-0.2, 0) is 11.1 Å². The summed E-state index contributed by atoms with van der Waals surface area (Å²) in [5.74, 6) is 0. The molecule has 0 rings (SSSR count). The van der Waals surface area contributed by atoms with Gasteiger partial charge in [0.15, 0.2) is 0 Å². The SMILES string of the molecule is C=CCC(CC)S(=O)[O-]. The zero-order valence-corrected chi connectivity index (χ0v) is 6.32. The number of hydrogen-bond donors (Lipinski definition) is 0. The van der Waals surface area contributed by atoms with E-state index in [0.29, 0.717) is 12.8 Å². The molecule has 0 aromatic carbocycles. The Kier molecular flexibility index (Phi) is 4.62.